The molecule has 0 saturated heterocycles. The molecule has 0 radical (unpaired) electrons. The Morgan fingerprint density at radius 2 is 2.00 bits per heavy atom. The molecule has 0 heterocycles. The van der Waals surface area contributed by atoms with Crippen molar-refractivity contribution in [3.63, 3.8) is 0 Å². The van der Waals surface area contributed by atoms with Gasteiger partial charge in [-0.2, -0.15) is 0 Å². The van der Waals surface area contributed by atoms with Crippen LogP contribution < -0.4 is 10.6 Å². The lowest BCUT2D eigenvalue weighted by molar-refractivity contribution is 1.06. The molecule has 0 aliphatic carbocycles. The summed E-state index contributed by atoms with van der Waals surface area (Å²) in [6.07, 6.45) is 1.78. The van der Waals surface area contributed by atoms with Crippen LogP contribution >= 0.6 is 12.2 Å². The number of hydrogen-bond donors (Lipinski definition) is 2. The van der Waals surface area contributed by atoms with Crippen molar-refractivity contribution in [2.45, 2.75) is 13.8 Å². The number of hydrogen-bond acceptors (Lipinski definition) is 1. The molecule has 15 heavy (non-hydrogen) atoms. The molecule has 1 rings (SSSR count). The van der Waals surface area contributed by atoms with E-state index < -0.39 is 0 Å². The minimum Gasteiger partial charge on any atom is -0.359 e. The van der Waals surface area contributed by atoms with Gasteiger partial charge in [0, 0.05) is 12.2 Å². The van der Waals surface area contributed by atoms with Crippen molar-refractivity contribution in [1.82, 2.24) is 5.32 Å². The maximum absolute atomic E-state index is 5.15. The Morgan fingerprint density at radius 1 is 1.40 bits per heavy atom. The minimum atomic E-state index is 0.632. The van der Waals surface area contributed by atoms with E-state index in [-0.39, 0.29) is 0 Å². The summed E-state index contributed by atoms with van der Waals surface area (Å²) < 4.78 is 0. The number of aryl methyl sites for hydroxylation is 2. The summed E-state index contributed by atoms with van der Waals surface area (Å²) >= 11 is 5.15. The summed E-state index contributed by atoms with van der Waals surface area (Å²) in [5.74, 6) is 0. The van der Waals surface area contributed by atoms with E-state index >= 15 is 0 Å². The first-order valence-corrected chi connectivity index (χ1v) is 5.28. The topological polar surface area (TPSA) is 24.1 Å². The average molecular weight is 220 g/mol. The maximum Gasteiger partial charge on any atom is 0.171 e. The Morgan fingerprint density at radius 3 is 2.53 bits per heavy atom. The number of thiocarbonyl (C=S) groups is 1. The second-order valence-electron chi connectivity index (χ2n) is 3.39. The molecule has 0 atom stereocenters. The zero-order chi connectivity index (χ0) is 11.3. The summed E-state index contributed by atoms with van der Waals surface area (Å²) in [5.41, 5.74) is 3.47. The highest BCUT2D eigenvalue weighted by Gasteiger charge is 2.02. The molecule has 80 valence electrons. The minimum absolute atomic E-state index is 0.632. The molecule has 1 aromatic carbocycles. The summed E-state index contributed by atoms with van der Waals surface area (Å²) in [5, 5.41) is 6.86. The van der Waals surface area contributed by atoms with Gasteiger partial charge in [0.25, 0.3) is 0 Å². The van der Waals surface area contributed by atoms with E-state index in [4.69, 9.17) is 12.2 Å². The molecule has 0 aliphatic heterocycles. The number of anilines is 1. The fourth-order valence-corrected chi connectivity index (χ4v) is 1.52. The number of benzene rings is 1. The molecule has 0 saturated carbocycles. The van der Waals surface area contributed by atoms with E-state index in [0.717, 1.165) is 5.69 Å². The van der Waals surface area contributed by atoms with Gasteiger partial charge in [-0.3, -0.25) is 0 Å². The van der Waals surface area contributed by atoms with Crippen molar-refractivity contribution in [3.8, 4) is 0 Å². The van der Waals surface area contributed by atoms with Gasteiger partial charge in [-0.15, -0.1) is 6.58 Å². The third-order valence-electron chi connectivity index (χ3n) is 2.13. The number of rotatable bonds is 3. The lowest BCUT2D eigenvalue weighted by atomic mass is 10.1. The van der Waals surface area contributed by atoms with Crippen molar-refractivity contribution in [1.29, 1.82) is 0 Å². The molecule has 0 aliphatic rings. The van der Waals surface area contributed by atoms with E-state index in [0.29, 0.717) is 11.7 Å². The van der Waals surface area contributed by atoms with Gasteiger partial charge >= 0.3 is 0 Å². The van der Waals surface area contributed by atoms with E-state index in [1.54, 1.807) is 6.08 Å². The molecule has 0 aromatic heterocycles. The molecule has 2 N–H and O–H groups in total. The molecule has 0 bridgehead atoms. The Hall–Kier alpha value is -1.35. The lowest BCUT2D eigenvalue weighted by Gasteiger charge is -2.13. The second kappa shape index (κ2) is 5.51. The smallest absolute Gasteiger partial charge is 0.171 e. The van der Waals surface area contributed by atoms with Gasteiger partial charge in [-0.25, -0.2) is 0 Å². The van der Waals surface area contributed by atoms with Gasteiger partial charge < -0.3 is 10.6 Å². The largest absolute Gasteiger partial charge is 0.359 e. The molecule has 0 amide bonds. The third kappa shape index (κ3) is 3.36. The van der Waals surface area contributed by atoms with Gasteiger partial charge in [0.05, 0.1) is 0 Å². The Kier molecular flexibility index (Phi) is 4.31. The van der Waals surface area contributed by atoms with Crippen LogP contribution in [-0.4, -0.2) is 11.7 Å². The van der Waals surface area contributed by atoms with Crippen LogP contribution in [0.5, 0.6) is 0 Å². The summed E-state index contributed by atoms with van der Waals surface area (Å²) in [6.45, 7) is 8.42. The normalized spacial score (nSPS) is 9.47. The van der Waals surface area contributed by atoms with Crippen LogP contribution in [0.3, 0.4) is 0 Å². The van der Waals surface area contributed by atoms with Crippen molar-refractivity contribution in [2.24, 2.45) is 0 Å². The van der Waals surface area contributed by atoms with Crippen LogP contribution in [0.25, 0.3) is 0 Å². The van der Waals surface area contributed by atoms with Crippen LogP contribution in [0.4, 0.5) is 5.69 Å². The standard InChI is InChI=1S/C12H16N2S/c1-4-8-13-12(15)14-11-9(2)6-5-7-10(11)3/h4-7H,1,8H2,2-3H3,(H2,13,14,15). The quantitative estimate of drug-likeness (QED) is 0.605. The first-order chi connectivity index (χ1) is 7.15. The Bertz CT molecular complexity index is 352. The summed E-state index contributed by atoms with van der Waals surface area (Å²) in [6, 6.07) is 6.16. The molecular weight excluding hydrogens is 204 g/mol. The van der Waals surface area contributed by atoms with Crippen LogP contribution in [0.1, 0.15) is 11.1 Å². The monoisotopic (exact) mass is 220 g/mol. The first kappa shape index (κ1) is 11.7. The van der Waals surface area contributed by atoms with E-state index in [9.17, 15) is 0 Å². The predicted octanol–water partition coefficient (Wildman–Crippen LogP) is 2.78. The zero-order valence-electron chi connectivity index (χ0n) is 9.13. The summed E-state index contributed by atoms with van der Waals surface area (Å²) in [4.78, 5) is 0. The fourth-order valence-electron chi connectivity index (χ4n) is 1.33. The van der Waals surface area contributed by atoms with Gasteiger partial charge in [0.2, 0.25) is 0 Å². The third-order valence-corrected chi connectivity index (χ3v) is 2.37. The van der Waals surface area contributed by atoms with Crippen LogP contribution in [0.15, 0.2) is 30.9 Å². The SMILES string of the molecule is C=CCNC(=S)Nc1c(C)cccc1C. The van der Waals surface area contributed by atoms with E-state index in [1.807, 2.05) is 6.07 Å². The highest BCUT2D eigenvalue weighted by atomic mass is 32.1. The predicted molar refractivity (Wildman–Crippen MR) is 70.3 cm³/mol. The molecule has 0 unspecified atom stereocenters. The molecule has 0 fully saturated rings. The molecular formula is C12H16N2S. The lowest BCUT2D eigenvalue weighted by Crippen LogP contribution is -2.28. The van der Waals surface area contributed by atoms with Crippen molar-refractivity contribution < 1.29 is 0 Å². The van der Waals surface area contributed by atoms with Crippen molar-refractivity contribution >= 4 is 23.0 Å². The van der Waals surface area contributed by atoms with Gasteiger partial charge in [-0.1, -0.05) is 24.3 Å². The highest BCUT2D eigenvalue weighted by Crippen LogP contribution is 2.18. The first-order valence-electron chi connectivity index (χ1n) is 4.87. The zero-order valence-corrected chi connectivity index (χ0v) is 9.95. The highest BCUT2D eigenvalue weighted by molar-refractivity contribution is 7.80. The Labute approximate surface area is 96.4 Å². The average Bonchev–Trinajstić information content (AvgIpc) is 2.21. The number of para-hydroxylation sites is 1. The second-order valence-corrected chi connectivity index (χ2v) is 3.80. The van der Waals surface area contributed by atoms with Gasteiger partial charge in [0.15, 0.2) is 5.11 Å². The van der Waals surface area contributed by atoms with Crippen molar-refractivity contribution in [2.75, 3.05) is 11.9 Å². The summed E-state index contributed by atoms with van der Waals surface area (Å²) in [7, 11) is 0. The van der Waals surface area contributed by atoms with Crippen molar-refractivity contribution in [3.05, 3.63) is 42.0 Å². The Balaban J connectivity index is 2.71. The van der Waals surface area contributed by atoms with Crippen LogP contribution in [0.2, 0.25) is 0 Å². The van der Waals surface area contributed by atoms with Gasteiger partial charge in [-0.05, 0) is 37.2 Å². The molecule has 2 nitrogen and oxygen atoms in total. The van der Waals surface area contributed by atoms with E-state index in [1.165, 1.54) is 11.1 Å². The fraction of sp³-hybridized carbons (Fsp3) is 0.250. The van der Waals surface area contributed by atoms with Gasteiger partial charge in [0.1, 0.15) is 0 Å². The maximum atomic E-state index is 5.15. The molecule has 3 heteroatoms. The molecule has 1 aromatic rings. The van der Waals surface area contributed by atoms with E-state index in [2.05, 4.69) is 43.2 Å². The number of nitrogens with one attached hydrogen (secondary N) is 2. The molecule has 0 spiro atoms. The van der Waals surface area contributed by atoms with Crippen LogP contribution in [-0.2, 0) is 0 Å². The van der Waals surface area contributed by atoms with Crippen LogP contribution in [0, 0.1) is 13.8 Å².